The second-order valence-corrected chi connectivity index (χ2v) is 6.89. The molecule has 3 unspecified atom stereocenters. The van der Waals surface area contributed by atoms with Crippen molar-refractivity contribution in [2.45, 2.75) is 32.2 Å². The molecular formula is C13H18ClNS. The first kappa shape index (κ1) is 11.1. The summed E-state index contributed by atoms with van der Waals surface area (Å²) in [5, 5.41) is 3.50. The quantitative estimate of drug-likeness (QED) is 0.860. The molecule has 3 atom stereocenters. The first-order valence-corrected chi connectivity index (χ1v) is 7.35. The number of fused-ring (bicyclic) bond motifs is 1. The number of hydrogen-bond donors (Lipinski definition) is 1. The van der Waals surface area contributed by atoms with Crippen LogP contribution in [0.3, 0.4) is 0 Å². The van der Waals surface area contributed by atoms with E-state index in [0.717, 1.165) is 22.1 Å². The molecule has 2 aliphatic rings. The van der Waals surface area contributed by atoms with Crippen LogP contribution in [-0.4, -0.2) is 7.05 Å². The van der Waals surface area contributed by atoms with Crippen LogP contribution >= 0.6 is 22.9 Å². The van der Waals surface area contributed by atoms with Gasteiger partial charge in [-0.25, -0.2) is 0 Å². The lowest BCUT2D eigenvalue weighted by molar-refractivity contribution is 0.450. The minimum Gasteiger partial charge on any atom is -0.312 e. The summed E-state index contributed by atoms with van der Waals surface area (Å²) >= 11 is 7.92. The van der Waals surface area contributed by atoms with Gasteiger partial charge in [0.15, 0.2) is 0 Å². The van der Waals surface area contributed by atoms with Gasteiger partial charge < -0.3 is 5.32 Å². The van der Waals surface area contributed by atoms with Gasteiger partial charge >= 0.3 is 0 Å². The van der Waals surface area contributed by atoms with Crippen molar-refractivity contribution in [3.05, 3.63) is 20.8 Å². The van der Waals surface area contributed by atoms with Crippen molar-refractivity contribution in [2.24, 2.45) is 17.8 Å². The lowest BCUT2D eigenvalue weighted by Gasteiger charge is -2.16. The zero-order chi connectivity index (χ0) is 11.3. The topological polar surface area (TPSA) is 12.0 Å². The molecule has 1 aromatic heterocycles. The lowest BCUT2D eigenvalue weighted by Crippen LogP contribution is -2.19. The van der Waals surface area contributed by atoms with Crippen molar-refractivity contribution in [1.82, 2.24) is 5.32 Å². The molecule has 1 nitrogen and oxygen atoms in total. The molecule has 3 heteroatoms. The zero-order valence-corrected chi connectivity index (χ0v) is 11.4. The lowest BCUT2D eigenvalue weighted by atomic mass is 10.0. The summed E-state index contributed by atoms with van der Waals surface area (Å²) in [5.41, 5.74) is 1.23. The van der Waals surface area contributed by atoms with E-state index in [1.807, 2.05) is 0 Å². The molecule has 0 radical (unpaired) electrons. The van der Waals surface area contributed by atoms with Gasteiger partial charge in [-0.05, 0) is 56.2 Å². The third-order valence-electron chi connectivity index (χ3n) is 4.35. The Kier molecular flexibility index (Phi) is 2.77. The Labute approximate surface area is 106 Å². The van der Waals surface area contributed by atoms with E-state index in [1.54, 1.807) is 11.3 Å². The second-order valence-electron chi connectivity index (χ2n) is 5.21. The minimum absolute atomic E-state index is 0.548. The van der Waals surface area contributed by atoms with Crippen LogP contribution in [0.1, 0.15) is 35.7 Å². The van der Waals surface area contributed by atoms with Gasteiger partial charge in [0, 0.05) is 10.9 Å². The fourth-order valence-corrected chi connectivity index (χ4v) is 4.92. The Balaban J connectivity index is 1.81. The van der Waals surface area contributed by atoms with Crippen molar-refractivity contribution in [3.8, 4) is 0 Å². The predicted octanol–water partition coefficient (Wildman–Crippen LogP) is 4.02. The van der Waals surface area contributed by atoms with Crippen molar-refractivity contribution in [3.63, 3.8) is 0 Å². The van der Waals surface area contributed by atoms with Gasteiger partial charge in [0.05, 0.1) is 4.34 Å². The maximum absolute atomic E-state index is 6.17. The minimum atomic E-state index is 0.548. The molecule has 0 bridgehead atoms. The van der Waals surface area contributed by atoms with E-state index in [-0.39, 0.29) is 0 Å². The fourth-order valence-electron chi connectivity index (χ4n) is 3.53. The zero-order valence-electron chi connectivity index (χ0n) is 9.79. The Morgan fingerprint density at radius 2 is 2.12 bits per heavy atom. The second kappa shape index (κ2) is 4.01. The van der Waals surface area contributed by atoms with Crippen LogP contribution in [-0.2, 0) is 0 Å². The molecule has 1 aromatic rings. The third-order valence-corrected chi connectivity index (χ3v) is 5.99. The number of rotatable bonds is 3. The Morgan fingerprint density at radius 1 is 1.44 bits per heavy atom. The molecule has 3 rings (SSSR count). The van der Waals surface area contributed by atoms with Gasteiger partial charge in [-0.1, -0.05) is 18.0 Å². The van der Waals surface area contributed by atoms with Gasteiger partial charge in [-0.3, -0.25) is 0 Å². The normalized spacial score (nSPS) is 33.8. The summed E-state index contributed by atoms with van der Waals surface area (Å²) in [6.07, 6.45) is 4.35. The standard InChI is InChI=1S/C13H18ClNS/c1-7-6-10(16-13(7)14)12(15-2)11-8-4-3-5-9(8)11/h6,8-9,11-12,15H,3-5H2,1-2H3. The Morgan fingerprint density at radius 3 is 2.62 bits per heavy atom. The van der Waals surface area contributed by atoms with E-state index in [0.29, 0.717) is 6.04 Å². The number of hydrogen-bond acceptors (Lipinski definition) is 2. The average molecular weight is 256 g/mol. The van der Waals surface area contributed by atoms with E-state index in [2.05, 4.69) is 25.4 Å². The maximum atomic E-state index is 6.17. The molecule has 0 amide bonds. The van der Waals surface area contributed by atoms with Gasteiger partial charge in [-0.2, -0.15) is 0 Å². The van der Waals surface area contributed by atoms with Crippen molar-refractivity contribution < 1.29 is 0 Å². The molecule has 0 spiro atoms. The first-order valence-electron chi connectivity index (χ1n) is 6.15. The highest BCUT2D eigenvalue weighted by Crippen LogP contribution is 2.62. The molecule has 0 saturated heterocycles. The van der Waals surface area contributed by atoms with E-state index < -0.39 is 0 Å². The van der Waals surface area contributed by atoms with Crippen LogP contribution in [0, 0.1) is 24.7 Å². The van der Waals surface area contributed by atoms with E-state index >= 15 is 0 Å². The number of thiophene rings is 1. The molecule has 2 fully saturated rings. The van der Waals surface area contributed by atoms with Gasteiger partial charge in [0.2, 0.25) is 0 Å². The van der Waals surface area contributed by atoms with Crippen LogP contribution in [0.15, 0.2) is 6.07 Å². The molecule has 1 N–H and O–H groups in total. The highest BCUT2D eigenvalue weighted by atomic mass is 35.5. The van der Waals surface area contributed by atoms with Crippen LogP contribution in [0.5, 0.6) is 0 Å². The summed E-state index contributed by atoms with van der Waals surface area (Å²) in [4.78, 5) is 1.43. The summed E-state index contributed by atoms with van der Waals surface area (Å²) < 4.78 is 0.959. The summed E-state index contributed by atoms with van der Waals surface area (Å²) in [6, 6.07) is 2.81. The third kappa shape index (κ3) is 1.62. The van der Waals surface area contributed by atoms with Gasteiger partial charge in [-0.15, -0.1) is 11.3 Å². The van der Waals surface area contributed by atoms with Crippen LogP contribution < -0.4 is 5.32 Å². The molecule has 16 heavy (non-hydrogen) atoms. The van der Waals surface area contributed by atoms with Gasteiger partial charge in [0.1, 0.15) is 0 Å². The van der Waals surface area contributed by atoms with Crippen molar-refractivity contribution >= 4 is 22.9 Å². The highest BCUT2D eigenvalue weighted by molar-refractivity contribution is 7.16. The number of aryl methyl sites for hydroxylation is 1. The molecule has 2 aliphatic carbocycles. The van der Waals surface area contributed by atoms with Gasteiger partial charge in [0.25, 0.3) is 0 Å². The summed E-state index contributed by atoms with van der Waals surface area (Å²) in [7, 11) is 2.08. The predicted molar refractivity (Wildman–Crippen MR) is 70.2 cm³/mol. The van der Waals surface area contributed by atoms with Crippen molar-refractivity contribution in [1.29, 1.82) is 0 Å². The molecule has 0 aromatic carbocycles. The molecule has 0 aliphatic heterocycles. The van der Waals surface area contributed by atoms with E-state index in [1.165, 1.54) is 29.7 Å². The molecular weight excluding hydrogens is 238 g/mol. The summed E-state index contributed by atoms with van der Waals surface area (Å²) in [6.45, 7) is 2.10. The van der Waals surface area contributed by atoms with Crippen molar-refractivity contribution in [2.75, 3.05) is 7.05 Å². The Bertz CT molecular complexity index is 371. The van der Waals surface area contributed by atoms with Crippen LogP contribution in [0.4, 0.5) is 0 Å². The highest BCUT2D eigenvalue weighted by Gasteiger charge is 2.56. The fraction of sp³-hybridized carbons (Fsp3) is 0.692. The van der Waals surface area contributed by atoms with E-state index in [4.69, 9.17) is 11.6 Å². The first-order chi connectivity index (χ1) is 7.72. The number of nitrogens with one attached hydrogen (secondary N) is 1. The number of halogens is 1. The smallest absolute Gasteiger partial charge is 0.0960 e. The van der Waals surface area contributed by atoms with Crippen LogP contribution in [0.25, 0.3) is 0 Å². The molecule has 88 valence electrons. The van der Waals surface area contributed by atoms with E-state index in [9.17, 15) is 0 Å². The molecule has 1 heterocycles. The molecule has 2 saturated carbocycles. The largest absolute Gasteiger partial charge is 0.312 e. The van der Waals surface area contributed by atoms with Crippen LogP contribution in [0.2, 0.25) is 4.34 Å². The Hall–Kier alpha value is -0.0500. The SMILES string of the molecule is CNC(c1cc(C)c(Cl)s1)C1C2CCCC21. The average Bonchev–Trinajstić information content (AvgIpc) is 2.63. The summed E-state index contributed by atoms with van der Waals surface area (Å²) in [5.74, 6) is 2.88. The monoisotopic (exact) mass is 255 g/mol. The maximum Gasteiger partial charge on any atom is 0.0960 e.